The molecule has 30 heavy (non-hydrogen) atoms. The Morgan fingerprint density at radius 1 is 1.13 bits per heavy atom. The van der Waals surface area contributed by atoms with E-state index in [1.54, 1.807) is 38.2 Å². The number of hydrogen-bond donors (Lipinski definition) is 3. The molecule has 8 nitrogen and oxygen atoms in total. The van der Waals surface area contributed by atoms with Crippen LogP contribution in [0.4, 0.5) is 11.6 Å². The monoisotopic (exact) mass is 408 g/mol. The zero-order valence-electron chi connectivity index (χ0n) is 17.6. The first kappa shape index (κ1) is 20.3. The number of carbonyl (C=O) groups is 1. The van der Waals surface area contributed by atoms with E-state index in [9.17, 15) is 9.90 Å². The number of rotatable bonds is 5. The van der Waals surface area contributed by atoms with Gasteiger partial charge in [0.15, 0.2) is 5.65 Å². The Balaban J connectivity index is 1.61. The van der Waals surface area contributed by atoms with Gasteiger partial charge in [-0.05, 0) is 57.9 Å². The molecule has 1 unspecified atom stereocenters. The third-order valence-electron chi connectivity index (χ3n) is 5.65. The fourth-order valence-electron chi connectivity index (χ4n) is 3.76. The van der Waals surface area contributed by atoms with Crippen LogP contribution in [-0.2, 0) is 5.72 Å². The number of carbonyl (C=O) groups excluding carboxylic acids is 1. The first-order chi connectivity index (χ1) is 14.4. The van der Waals surface area contributed by atoms with Gasteiger partial charge in [0.1, 0.15) is 17.4 Å². The number of piperidine rings is 1. The Bertz CT molecular complexity index is 1050. The van der Waals surface area contributed by atoms with Crippen molar-refractivity contribution in [3.63, 3.8) is 0 Å². The van der Waals surface area contributed by atoms with E-state index in [2.05, 4.69) is 25.6 Å². The zero-order valence-corrected chi connectivity index (χ0v) is 17.6. The highest BCUT2D eigenvalue weighted by Crippen LogP contribution is 2.24. The van der Waals surface area contributed by atoms with Crippen molar-refractivity contribution in [1.29, 1.82) is 0 Å². The molecule has 0 bridgehead atoms. The predicted octanol–water partition coefficient (Wildman–Crippen LogP) is 2.66. The van der Waals surface area contributed by atoms with E-state index in [1.165, 1.54) is 6.42 Å². The predicted molar refractivity (Wildman–Crippen MR) is 117 cm³/mol. The third kappa shape index (κ3) is 4.01. The number of aliphatic hydroxyl groups is 1. The lowest BCUT2D eigenvalue weighted by Crippen LogP contribution is -2.36. The van der Waals surface area contributed by atoms with Crippen LogP contribution in [0.25, 0.3) is 5.65 Å². The van der Waals surface area contributed by atoms with Gasteiger partial charge in [-0.2, -0.15) is 9.61 Å². The van der Waals surface area contributed by atoms with E-state index in [0.717, 1.165) is 37.4 Å². The molecule has 0 radical (unpaired) electrons. The molecule has 1 aliphatic rings. The molecule has 2 aromatic heterocycles. The van der Waals surface area contributed by atoms with Crippen molar-refractivity contribution in [2.45, 2.75) is 38.8 Å². The van der Waals surface area contributed by atoms with E-state index in [-0.39, 0.29) is 5.91 Å². The molecule has 3 heterocycles. The number of aryl methyl sites for hydroxylation is 1. The molecule has 0 saturated carbocycles. The summed E-state index contributed by atoms with van der Waals surface area (Å²) in [7, 11) is 1.68. The SMILES string of the molecule is CNC(C)(O)c1ccc(C(=O)Nc2cc(N3CCCCC3)n3nc(C)cc3n2)cc1. The highest BCUT2D eigenvalue weighted by molar-refractivity contribution is 6.04. The zero-order chi connectivity index (χ0) is 21.3. The molecule has 1 saturated heterocycles. The molecule has 0 aliphatic carbocycles. The highest BCUT2D eigenvalue weighted by Gasteiger charge is 2.21. The molecule has 3 aromatic rings. The topological polar surface area (TPSA) is 94.8 Å². The van der Waals surface area contributed by atoms with Crippen LogP contribution >= 0.6 is 0 Å². The fourth-order valence-corrected chi connectivity index (χ4v) is 3.76. The second-order valence-corrected chi connectivity index (χ2v) is 7.96. The minimum absolute atomic E-state index is 0.247. The van der Waals surface area contributed by atoms with E-state index in [1.807, 2.05) is 23.6 Å². The Morgan fingerprint density at radius 3 is 2.50 bits per heavy atom. The second kappa shape index (κ2) is 8.04. The third-order valence-corrected chi connectivity index (χ3v) is 5.65. The van der Waals surface area contributed by atoms with Crippen LogP contribution < -0.4 is 15.5 Å². The van der Waals surface area contributed by atoms with Crippen LogP contribution in [-0.4, -0.2) is 45.7 Å². The molecule has 3 N–H and O–H groups in total. The summed E-state index contributed by atoms with van der Waals surface area (Å²) in [6, 6.07) is 10.7. The number of benzene rings is 1. The minimum atomic E-state index is -1.15. The normalized spacial score (nSPS) is 16.5. The van der Waals surface area contributed by atoms with Crippen LogP contribution in [0.15, 0.2) is 36.4 Å². The van der Waals surface area contributed by atoms with Gasteiger partial charge in [0.2, 0.25) is 0 Å². The maximum atomic E-state index is 12.8. The van der Waals surface area contributed by atoms with Crippen molar-refractivity contribution >= 4 is 23.2 Å². The number of nitrogens with one attached hydrogen (secondary N) is 2. The van der Waals surface area contributed by atoms with Crippen molar-refractivity contribution in [2.75, 3.05) is 30.4 Å². The van der Waals surface area contributed by atoms with Gasteiger partial charge >= 0.3 is 0 Å². The summed E-state index contributed by atoms with van der Waals surface area (Å²) in [5.41, 5.74) is 1.63. The molecule has 4 rings (SSSR count). The standard InChI is InChI=1S/C22H28N6O2/c1-15-13-19-24-18(14-20(28(19)26-15)27-11-5-4-6-12-27)25-21(29)16-7-9-17(10-8-16)22(2,30)23-3/h7-10,13-14,23,30H,4-6,11-12H2,1-3H3,(H,24,25,29). The van der Waals surface area contributed by atoms with Crippen LogP contribution in [0.2, 0.25) is 0 Å². The summed E-state index contributed by atoms with van der Waals surface area (Å²) in [6.45, 7) is 5.54. The Morgan fingerprint density at radius 2 is 1.83 bits per heavy atom. The van der Waals surface area contributed by atoms with Crippen molar-refractivity contribution in [3.05, 3.63) is 53.2 Å². The summed E-state index contributed by atoms with van der Waals surface area (Å²) < 4.78 is 1.85. The van der Waals surface area contributed by atoms with Crippen LogP contribution in [0.5, 0.6) is 0 Å². The van der Waals surface area contributed by atoms with E-state index < -0.39 is 5.72 Å². The number of nitrogens with zero attached hydrogens (tertiary/aromatic N) is 4. The maximum Gasteiger partial charge on any atom is 0.256 e. The average Bonchev–Trinajstić information content (AvgIpc) is 3.14. The number of amides is 1. The largest absolute Gasteiger partial charge is 0.372 e. The van der Waals surface area contributed by atoms with Gasteiger partial charge in [-0.25, -0.2) is 4.98 Å². The van der Waals surface area contributed by atoms with Crippen molar-refractivity contribution in [3.8, 4) is 0 Å². The molecule has 1 aliphatic heterocycles. The van der Waals surface area contributed by atoms with Gasteiger partial charge < -0.3 is 15.3 Å². The quantitative estimate of drug-likeness (QED) is 0.562. The summed E-state index contributed by atoms with van der Waals surface area (Å²) in [6.07, 6.45) is 3.53. The van der Waals surface area contributed by atoms with Crippen molar-refractivity contribution in [2.24, 2.45) is 0 Å². The van der Waals surface area contributed by atoms with Gasteiger partial charge in [0.05, 0.1) is 5.69 Å². The molecule has 0 spiro atoms. The van der Waals surface area contributed by atoms with E-state index in [4.69, 9.17) is 0 Å². The smallest absolute Gasteiger partial charge is 0.256 e. The number of aromatic nitrogens is 3. The Labute approximate surface area is 175 Å². The number of anilines is 2. The van der Waals surface area contributed by atoms with Gasteiger partial charge in [-0.3, -0.25) is 10.1 Å². The van der Waals surface area contributed by atoms with Crippen LogP contribution in [0.1, 0.15) is 47.8 Å². The number of fused-ring (bicyclic) bond motifs is 1. The number of hydrogen-bond acceptors (Lipinski definition) is 6. The van der Waals surface area contributed by atoms with Crippen molar-refractivity contribution < 1.29 is 9.90 Å². The van der Waals surface area contributed by atoms with Gasteiger partial charge in [0, 0.05) is 30.8 Å². The average molecular weight is 409 g/mol. The molecule has 1 aromatic carbocycles. The second-order valence-electron chi connectivity index (χ2n) is 7.96. The molecule has 8 heteroatoms. The van der Waals surface area contributed by atoms with Gasteiger partial charge in [-0.15, -0.1) is 0 Å². The summed E-state index contributed by atoms with van der Waals surface area (Å²) in [5.74, 6) is 1.20. The maximum absolute atomic E-state index is 12.8. The molecule has 1 fully saturated rings. The summed E-state index contributed by atoms with van der Waals surface area (Å²) >= 11 is 0. The molecular weight excluding hydrogens is 380 g/mol. The lowest BCUT2D eigenvalue weighted by Gasteiger charge is -2.29. The highest BCUT2D eigenvalue weighted by atomic mass is 16.3. The summed E-state index contributed by atoms with van der Waals surface area (Å²) in [4.78, 5) is 19.7. The summed E-state index contributed by atoms with van der Waals surface area (Å²) in [5, 5.41) is 20.6. The first-order valence-electron chi connectivity index (χ1n) is 10.3. The van der Waals surface area contributed by atoms with Gasteiger partial charge in [-0.1, -0.05) is 12.1 Å². The fraction of sp³-hybridized carbons (Fsp3) is 0.409. The Hall–Kier alpha value is -2.97. The Kier molecular flexibility index (Phi) is 5.44. The molecule has 1 atom stereocenters. The van der Waals surface area contributed by atoms with Gasteiger partial charge in [0.25, 0.3) is 5.91 Å². The molecular formula is C22H28N6O2. The van der Waals surface area contributed by atoms with E-state index in [0.29, 0.717) is 22.6 Å². The molecule has 158 valence electrons. The first-order valence-corrected chi connectivity index (χ1v) is 10.3. The molecule has 1 amide bonds. The van der Waals surface area contributed by atoms with Crippen LogP contribution in [0.3, 0.4) is 0 Å². The minimum Gasteiger partial charge on any atom is -0.372 e. The van der Waals surface area contributed by atoms with Crippen LogP contribution in [0, 0.1) is 6.92 Å². The van der Waals surface area contributed by atoms with Crippen molar-refractivity contribution in [1.82, 2.24) is 19.9 Å². The van der Waals surface area contributed by atoms with E-state index >= 15 is 0 Å². The lowest BCUT2D eigenvalue weighted by molar-refractivity contribution is 0.0282. The lowest BCUT2D eigenvalue weighted by atomic mass is 10.0.